The minimum Gasteiger partial charge on any atom is -0.487 e. The molecule has 0 radical (unpaired) electrons. The number of ether oxygens (including phenoxy) is 1. The highest BCUT2D eigenvalue weighted by atomic mass is 79.9. The third-order valence-corrected chi connectivity index (χ3v) is 5.20. The molecule has 0 unspecified atom stereocenters. The molecule has 3 aromatic carbocycles. The number of nitrogens with zero attached hydrogens (tertiary/aromatic N) is 1. The fourth-order valence-corrected chi connectivity index (χ4v) is 3.93. The van der Waals surface area contributed by atoms with E-state index in [0.717, 1.165) is 25.8 Å². The average molecular weight is 491 g/mol. The van der Waals surface area contributed by atoms with Gasteiger partial charge in [0.15, 0.2) is 0 Å². The van der Waals surface area contributed by atoms with Gasteiger partial charge in [-0.25, -0.2) is 4.39 Å². The number of benzene rings is 3. The van der Waals surface area contributed by atoms with Gasteiger partial charge in [-0.2, -0.15) is 0 Å². The van der Waals surface area contributed by atoms with Crippen molar-refractivity contribution in [1.29, 1.82) is 0 Å². The molecule has 138 valence electrons. The molecular weight excluding hydrogens is 473 g/mol. The fourth-order valence-electron chi connectivity index (χ4n) is 2.56. The zero-order valence-electron chi connectivity index (χ0n) is 15.0. The molecule has 5 heteroatoms. The van der Waals surface area contributed by atoms with Crippen molar-refractivity contribution in [3.8, 4) is 5.75 Å². The standard InChI is InChI=1S/C22H18Br2FNO/c1-14-6-7-20(8-15(14)2)26-12-17-10-18(23)11-21(24)22(17)27-13-16-4-3-5-19(25)9-16/h3-12H,13H2,1-2H3. The molecular formula is C22H18Br2FNO. The summed E-state index contributed by atoms with van der Waals surface area (Å²) in [6, 6.07) is 16.3. The lowest BCUT2D eigenvalue weighted by Crippen LogP contribution is -2.00. The zero-order chi connectivity index (χ0) is 19.4. The highest BCUT2D eigenvalue weighted by Crippen LogP contribution is 2.33. The summed E-state index contributed by atoms with van der Waals surface area (Å²) >= 11 is 7.05. The van der Waals surface area contributed by atoms with Gasteiger partial charge >= 0.3 is 0 Å². The summed E-state index contributed by atoms with van der Waals surface area (Å²) in [4.78, 5) is 4.58. The number of aliphatic imine (C=N–C) groups is 1. The molecule has 0 saturated carbocycles. The summed E-state index contributed by atoms with van der Waals surface area (Å²) in [5, 5.41) is 0. The SMILES string of the molecule is Cc1ccc(N=Cc2cc(Br)cc(Br)c2OCc2cccc(F)c2)cc1C. The predicted octanol–water partition coefficient (Wildman–Crippen LogP) is 7.30. The Bertz CT molecular complexity index is 1000. The second kappa shape index (κ2) is 8.81. The van der Waals surface area contributed by atoms with Gasteiger partial charge in [-0.05, 0) is 82.9 Å². The van der Waals surface area contributed by atoms with Gasteiger partial charge in [-0.1, -0.05) is 34.1 Å². The van der Waals surface area contributed by atoms with Crippen LogP contribution in [0.5, 0.6) is 5.75 Å². The van der Waals surface area contributed by atoms with E-state index in [1.807, 2.05) is 30.3 Å². The zero-order valence-corrected chi connectivity index (χ0v) is 18.1. The van der Waals surface area contributed by atoms with Crippen molar-refractivity contribution in [3.63, 3.8) is 0 Å². The lowest BCUT2D eigenvalue weighted by atomic mass is 10.1. The quantitative estimate of drug-likeness (QED) is 0.344. The third kappa shape index (κ3) is 5.27. The van der Waals surface area contributed by atoms with Crippen molar-refractivity contribution >= 4 is 43.8 Å². The van der Waals surface area contributed by atoms with Gasteiger partial charge in [0.2, 0.25) is 0 Å². The van der Waals surface area contributed by atoms with Crippen LogP contribution in [0, 0.1) is 19.7 Å². The van der Waals surface area contributed by atoms with E-state index in [9.17, 15) is 4.39 Å². The van der Waals surface area contributed by atoms with Crippen molar-refractivity contribution in [2.24, 2.45) is 4.99 Å². The topological polar surface area (TPSA) is 21.6 Å². The molecule has 3 aromatic rings. The highest BCUT2D eigenvalue weighted by Gasteiger charge is 2.10. The van der Waals surface area contributed by atoms with Gasteiger partial charge in [0.05, 0.1) is 10.2 Å². The molecule has 3 rings (SSSR count). The molecule has 0 aliphatic heterocycles. The molecule has 2 nitrogen and oxygen atoms in total. The number of hydrogen-bond acceptors (Lipinski definition) is 2. The predicted molar refractivity (Wildman–Crippen MR) is 116 cm³/mol. The first kappa shape index (κ1) is 19.8. The van der Waals surface area contributed by atoms with Crippen LogP contribution in [-0.2, 0) is 6.61 Å². The summed E-state index contributed by atoms with van der Waals surface area (Å²) in [7, 11) is 0. The summed E-state index contributed by atoms with van der Waals surface area (Å²) in [5.41, 5.74) is 4.90. The maximum absolute atomic E-state index is 13.4. The monoisotopic (exact) mass is 489 g/mol. The third-order valence-electron chi connectivity index (χ3n) is 4.15. The van der Waals surface area contributed by atoms with E-state index in [-0.39, 0.29) is 12.4 Å². The van der Waals surface area contributed by atoms with Crippen LogP contribution < -0.4 is 4.74 Å². The Morgan fingerprint density at radius 3 is 2.56 bits per heavy atom. The van der Waals surface area contributed by atoms with Crippen LogP contribution in [0.1, 0.15) is 22.3 Å². The van der Waals surface area contributed by atoms with E-state index in [1.165, 1.54) is 23.3 Å². The summed E-state index contributed by atoms with van der Waals surface area (Å²) < 4.78 is 21.1. The number of halogens is 3. The minimum absolute atomic E-state index is 0.266. The van der Waals surface area contributed by atoms with Crippen LogP contribution in [0.2, 0.25) is 0 Å². The molecule has 0 amide bonds. The second-order valence-electron chi connectivity index (χ2n) is 6.25. The van der Waals surface area contributed by atoms with E-state index >= 15 is 0 Å². The van der Waals surface area contributed by atoms with Crippen molar-refractivity contribution in [2.45, 2.75) is 20.5 Å². The maximum Gasteiger partial charge on any atom is 0.142 e. The largest absolute Gasteiger partial charge is 0.487 e. The Kier molecular flexibility index (Phi) is 6.45. The molecule has 0 bridgehead atoms. The molecule has 0 spiro atoms. The summed E-state index contributed by atoms with van der Waals surface area (Å²) in [5.74, 6) is 0.387. The Labute approximate surface area is 175 Å². The van der Waals surface area contributed by atoms with Crippen molar-refractivity contribution in [1.82, 2.24) is 0 Å². The Morgan fingerprint density at radius 2 is 1.81 bits per heavy atom. The maximum atomic E-state index is 13.4. The highest BCUT2D eigenvalue weighted by molar-refractivity contribution is 9.11. The van der Waals surface area contributed by atoms with Gasteiger partial charge in [-0.3, -0.25) is 4.99 Å². The molecule has 0 aliphatic rings. The molecule has 0 saturated heterocycles. The average Bonchev–Trinajstić information content (AvgIpc) is 2.62. The Hall–Kier alpha value is -1.98. The van der Waals surface area contributed by atoms with Crippen molar-refractivity contribution < 1.29 is 9.13 Å². The number of hydrogen-bond donors (Lipinski definition) is 0. The van der Waals surface area contributed by atoms with Gasteiger partial charge in [0, 0.05) is 16.3 Å². The van der Waals surface area contributed by atoms with Crippen molar-refractivity contribution in [2.75, 3.05) is 0 Å². The first-order chi connectivity index (χ1) is 12.9. The normalized spacial score (nSPS) is 11.1. The fraction of sp³-hybridized carbons (Fsp3) is 0.136. The van der Waals surface area contributed by atoms with E-state index in [4.69, 9.17) is 4.74 Å². The lowest BCUT2D eigenvalue weighted by Gasteiger charge is -2.12. The van der Waals surface area contributed by atoms with Crippen LogP contribution in [-0.4, -0.2) is 6.21 Å². The molecule has 0 aromatic heterocycles. The summed E-state index contributed by atoms with van der Waals surface area (Å²) in [6.07, 6.45) is 1.78. The molecule has 0 heterocycles. The minimum atomic E-state index is -0.275. The molecule has 0 fully saturated rings. The molecule has 0 atom stereocenters. The van der Waals surface area contributed by atoms with Crippen LogP contribution in [0.25, 0.3) is 0 Å². The number of rotatable bonds is 5. The lowest BCUT2D eigenvalue weighted by molar-refractivity contribution is 0.303. The van der Waals surface area contributed by atoms with Crippen LogP contribution >= 0.6 is 31.9 Å². The van der Waals surface area contributed by atoms with Crippen LogP contribution in [0.15, 0.2) is 68.5 Å². The van der Waals surface area contributed by atoms with Gasteiger partial charge in [-0.15, -0.1) is 0 Å². The van der Waals surface area contributed by atoms with E-state index < -0.39 is 0 Å². The van der Waals surface area contributed by atoms with E-state index in [0.29, 0.717) is 5.75 Å². The van der Waals surface area contributed by atoms with Crippen LogP contribution in [0.4, 0.5) is 10.1 Å². The van der Waals surface area contributed by atoms with Crippen molar-refractivity contribution in [3.05, 3.63) is 91.6 Å². The smallest absolute Gasteiger partial charge is 0.142 e. The molecule has 0 aliphatic carbocycles. The first-order valence-corrected chi connectivity index (χ1v) is 9.98. The van der Waals surface area contributed by atoms with E-state index in [2.05, 4.69) is 56.8 Å². The van der Waals surface area contributed by atoms with Crippen LogP contribution in [0.3, 0.4) is 0 Å². The van der Waals surface area contributed by atoms with E-state index in [1.54, 1.807) is 12.3 Å². The molecule has 27 heavy (non-hydrogen) atoms. The van der Waals surface area contributed by atoms with Gasteiger partial charge in [0.1, 0.15) is 18.2 Å². The first-order valence-electron chi connectivity index (χ1n) is 8.40. The summed E-state index contributed by atoms with van der Waals surface area (Å²) in [6.45, 7) is 4.41. The Balaban J connectivity index is 1.87. The van der Waals surface area contributed by atoms with Gasteiger partial charge < -0.3 is 4.74 Å². The Morgan fingerprint density at radius 1 is 1.00 bits per heavy atom. The van der Waals surface area contributed by atoms with Gasteiger partial charge in [0.25, 0.3) is 0 Å². The second-order valence-corrected chi connectivity index (χ2v) is 8.02. The number of aryl methyl sites for hydroxylation is 2. The molecule has 0 N–H and O–H groups in total.